The van der Waals surface area contributed by atoms with Crippen LogP contribution in [0.2, 0.25) is 5.15 Å². The fourth-order valence-electron chi connectivity index (χ4n) is 2.30. The number of hydrogen-bond donors (Lipinski definition) is 3. The monoisotopic (exact) mass is 404 g/mol. The van der Waals surface area contributed by atoms with Gasteiger partial charge in [-0.1, -0.05) is 11.6 Å². The summed E-state index contributed by atoms with van der Waals surface area (Å²) in [7, 11) is -1.43. The van der Waals surface area contributed by atoms with Crippen molar-refractivity contribution in [3.05, 3.63) is 10.8 Å². The molecule has 26 heavy (non-hydrogen) atoms. The number of carbonyl (C=O) groups is 1. The van der Waals surface area contributed by atoms with E-state index in [1.165, 1.54) is 14.1 Å². The number of rotatable bonds is 4. The van der Waals surface area contributed by atoms with E-state index in [4.69, 9.17) is 23.1 Å². The summed E-state index contributed by atoms with van der Waals surface area (Å²) >= 11 is 6.15. The highest BCUT2D eigenvalue weighted by molar-refractivity contribution is 7.87. The highest BCUT2D eigenvalue weighted by Gasteiger charge is 2.22. The highest BCUT2D eigenvalue weighted by atomic mass is 35.5. The topological polar surface area (TPSA) is 160 Å². The zero-order chi connectivity index (χ0) is 19.5. The maximum atomic E-state index is 12.2. The Morgan fingerprint density at radius 2 is 1.88 bits per heavy atom. The molecular formula is C13H21ClN8O3S. The average molecular weight is 405 g/mol. The van der Waals surface area contributed by atoms with Crippen LogP contribution >= 0.6 is 11.6 Å². The Bertz CT molecular complexity index is 821. The molecule has 0 unspecified atom stereocenters. The zero-order valence-corrected chi connectivity index (χ0v) is 16.0. The number of hydrogen-bond acceptors (Lipinski definition) is 7. The lowest BCUT2D eigenvalue weighted by Gasteiger charge is -2.28. The largest absolute Gasteiger partial charge is 0.382 e. The van der Waals surface area contributed by atoms with Crippen LogP contribution in [0.1, 0.15) is 29.8 Å². The maximum absolute atomic E-state index is 12.2. The number of halogens is 1. The molecule has 1 aliphatic heterocycles. The number of carbonyl (C=O) groups excluding carboxylic acids is 1. The van der Waals surface area contributed by atoms with Crippen molar-refractivity contribution in [1.82, 2.24) is 19.6 Å². The van der Waals surface area contributed by atoms with Crippen LogP contribution in [0.5, 0.6) is 0 Å². The van der Waals surface area contributed by atoms with Gasteiger partial charge >= 0.3 is 10.2 Å². The van der Waals surface area contributed by atoms with Gasteiger partial charge in [0.05, 0.1) is 0 Å². The summed E-state index contributed by atoms with van der Waals surface area (Å²) in [5, 5.41) is 2.13. The van der Waals surface area contributed by atoms with E-state index < -0.39 is 22.1 Å². The van der Waals surface area contributed by atoms with Gasteiger partial charge in [-0.15, -0.1) is 4.40 Å². The van der Waals surface area contributed by atoms with Crippen molar-refractivity contribution in [3.63, 3.8) is 0 Å². The molecule has 0 radical (unpaired) electrons. The molecule has 0 saturated carbocycles. The Hall–Kier alpha value is -2.18. The molecule has 5 N–H and O–H groups in total. The van der Waals surface area contributed by atoms with Crippen molar-refractivity contribution in [3.8, 4) is 0 Å². The first-order valence-electron chi connectivity index (χ1n) is 7.79. The van der Waals surface area contributed by atoms with E-state index in [1.807, 2.05) is 4.90 Å². The number of anilines is 2. The van der Waals surface area contributed by atoms with E-state index in [1.54, 1.807) is 0 Å². The van der Waals surface area contributed by atoms with E-state index in [0.717, 1.165) is 36.7 Å². The molecule has 0 aromatic carbocycles. The van der Waals surface area contributed by atoms with E-state index >= 15 is 0 Å². The average Bonchev–Trinajstić information content (AvgIpc) is 2.56. The molecule has 1 aromatic rings. The zero-order valence-electron chi connectivity index (χ0n) is 14.4. The molecule has 2 rings (SSSR count). The molecule has 13 heteroatoms. The third-order valence-corrected chi connectivity index (χ3v) is 5.25. The van der Waals surface area contributed by atoms with E-state index in [2.05, 4.69) is 19.7 Å². The predicted molar refractivity (Wildman–Crippen MR) is 99.2 cm³/mol. The van der Waals surface area contributed by atoms with Crippen LogP contribution in [0.25, 0.3) is 0 Å². The number of nitrogens with two attached hydrogens (primary N) is 2. The Morgan fingerprint density at radius 3 is 2.46 bits per heavy atom. The number of amides is 1. The van der Waals surface area contributed by atoms with Crippen molar-refractivity contribution in [1.29, 1.82) is 0 Å². The number of nitrogens with one attached hydrogen (secondary N) is 1. The van der Waals surface area contributed by atoms with Gasteiger partial charge in [0.15, 0.2) is 22.5 Å². The minimum Gasteiger partial charge on any atom is -0.382 e. The lowest BCUT2D eigenvalue weighted by Crippen LogP contribution is -2.39. The Balaban J connectivity index is 2.22. The van der Waals surface area contributed by atoms with E-state index in [0.29, 0.717) is 5.82 Å². The van der Waals surface area contributed by atoms with E-state index in [-0.39, 0.29) is 16.7 Å². The molecule has 1 aromatic heterocycles. The summed E-state index contributed by atoms with van der Waals surface area (Å²) in [6.07, 6.45) is 3.15. The molecule has 144 valence electrons. The summed E-state index contributed by atoms with van der Waals surface area (Å²) in [5.74, 6) is -1.22. The van der Waals surface area contributed by atoms with Crippen molar-refractivity contribution in [2.45, 2.75) is 19.3 Å². The summed E-state index contributed by atoms with van der Waals surface area (Å²) in [4.78, 5) is 22.3. The smallest absolute Gasteiger partial charge is 0.325 e. The van der Waals surface area contributed by atoms with Crippen LogP contribution in [-0.4, -0.2) is 61.7 Å². The van der Waals surface area contributed by atoms with Crippen LogP contribution in [0, 0.1) is 0 Å². The van der Waals surface area contributed by atoms with Gasteiger partial charge in [0.25, 0.3) is 5.91 Å². The number of guanidine groups is 1. The maximum Gasteiger partial charge on any atom is 0.325 e. The molecule has 2 heterocycles. The van der Waals surface area contributed by atoms with E-state index in [9.17, 15) is 13.2 Å². The molecule has 0 spiro atoms. The molecule has 0 aliphatic carbocycles. The van der Waals surface area contributed by atoms with Gasteiger partial charge in [0.2, 0.25) is 5.96 Å². The van der Waals surface area contributed by atoms with Gasteiger partial charge in [-0.05, 0) is 19.3 Å². The van der Waals surface area contributed by atoms with Crippen molar-refractivity contribution >= 4 is 45.3 Å². The number of nitrogen functional groups attached to an aromatic ring is 1. The molecule has 1 aliphatic rings. The van der Waals surface area contributed by atoms with Gasteiger partial charge in [0.1, 0.15) is 0 Å². The third kappa shape index (κ3) is 4.71. The number of piperidine rings is 1. The molecular weight excluding hydrogens is 384 g/mol. The lowest BCUT2D eigenvalue weighted by atomic mass is 10.1. The SMILES string of the molecule is CN(C)S(=O)(=O)N=C(N)NC(=O)c1nc(Cl)c(N2CCCCC2)nc1N. The predicted octanol–water partition coefficient (Wildman–Crippen LogP) is -0.447. The second-order valence-corrected chi connectivity index (χ2v) is 7.98. The standard InChI is InChI=1S/C13H21ClN8O3S/c1-21(2)26(24,25)20-13(16)19-12(23)8-10(15)18-11(9(14)17-8)22-6-4-3-5-7-22/h3-7H2,1-2H3,(H2,15,18)(H3,16,19,20,23). The van der Waals surface area contributed by atoms with Crippen LogP contribution in [0.4, 0.5) is 11.6 Å². The fraction of sp³-hybridized carbons (Fsp3) is 0.538. The first kappa shape index (κ1) is 20.1. The normalized spacial score (nSPS) is 16.0. The Labute approximate surface area is 156 Å². The second-order valence-electron chi connectivity index (χ2n) is 5.81. The molecule has 1 fully saturated rings. The van der Waals surface area contributed by atoms with Crippen molar-refractivity contribution < 1.29 is 13.2 Å². The summed E-state index contributed by atoms with van der Waals surface area (Å²) in [6.45, 7) is 1.56. The van der Waals surface area contributed by atoms with Gasteiger partial charge in [-0.3, -0.25) is 10.1 Å². The summed E-state index contributed by atoms with van der Waals surface area (Å²) in [6, 6.07) is 0. The van der Waals surface area contributed by atoms with Crippen LogP contribution in [-0.2, 0) is 10.2 Å². The van der Waals surface area contributed by atoms with Gasteiger partial charge < -0.3 is 16.4 Å². The minimum absolute atomic E-state index is 0.0303. The lowest BCUT2D eigenvalue weighted by molar-refractivity contribution is 0.0972. The highest BCUT2D eigenvalue weighted by Crippen LogP contribution is 2.26. The number of nitrogens with zero attached hydrogens (tertiary/aromatic N) is 5. The second kappa shape index (κ2) is 8.01. The van der Waals surface area contributed by atoms with Gasteiger partial charge in [-0.25, -0.2) is 9.97 Å². The first-order valence-corrected chi connectivity index (χ1v) is 9.56. The van der Waals surface area contributed by atoms with Crippen LogP contribution in [0.3, 0.4) is 0 Å². The van der Waals surface area contributed by atoms with Gasteiger partial charge in [-0.2, -0.15) is 12.7 Å². The van der Waals surface area contributed by atoms with Crippen molar-refractivity contribution in [2.24, 2.45) is 10.1 Å². The molecule has 0 bridgehead atoms. The molecule has 1 saturated heterocycles. The molecule has 11 nitrogen and oxygen atoms in total. The molecule has 1 amide bonds. The summed E-state index contributed by atoms with van der Waals surface area (Å²) < 4.78 is 27.3. The van der Waals surface area contributed by atoms with Crippen LogP contribution in [0.15, 0.2) is 4.40 Å². The Kier molecular flexibility index (Phi) is 6.21. The summed E-state index contributed by atoms with van der Waals surface area (Å²) in [5.41, 5.74) is 11.0. The van der Waals surface area contributed by atoms with Crippen molar-refractivity contribution in [2.75, 3.05) is 37.8 Å². The minimum atomic E-state index is -3.98. The van der Waals surface area contributed by atoms with Gasteiger partial charge in [0, 0.05) is 27.2 Å². The third-order valence-electron chi connectivity index (χ3n) is 3.65. The Morgan fingerprint density at radius 1 is 1.27 bits per heavy atom. The first-order chi connectivity index (χ1) is 12.1. The molecule has 0 atom stereocenters. The fourth-order valence-corrected chi connectivity index (χ4v) is 3.00. The number of aromatic nitrogens is 2. The quantitative estimate of drug-likeness (QED) is 0.449. The van der Waals surface area contributed by atoms with Crippen LogP contribution < -0.4 is 21.7 Å².